The Labute approximate surface area is 120 Å². The largest absolute Gasteiger partial charge is 0.317 e. The molecule has 0 saturated carbocycles. The summed E-state index contributed by atoms with van der Waals surface area (Å²) in [7, 11) is 0. The van der Waals surface area contributed by atoms with E-state index in [2.05, 4.69) is 40.8 Å². The van der Waals surface area contributed by atoms with E-state index in [4.69, 9.17) is 0 Å². The second kappa shape index (κ2) is 6.93. The van der Waals surface area contributed by atoms with Crippen molar-refractivity contribution in [2.45, 2.75) is 18.8 Å². The maximum Gasteiger partial charge on any atom is 0.0346 e. The standard InChI is InChI=1S/C14H16N2.2ClH/c1-2-4-13-12(3-1)9-16-10-14(13)11-5-7-15-8-6-11;;/h1-4,9-11,15H,5-8H2;2*1H. The van der Waals surface area contributed by atoms with Gasteiger partial charge in [-0.2, -0.15) is 0 Å². The fourth-order valence-electron chi connectivity index (χ4n) is 2.60. The number of pyridine rings is 1. The first-order valence-electron chi connectivity index (χ1n) is 5.98. The van der Waals surface area contributed by atoms with E-state index in [0.717, 1.165) is 13.1 Å². The Kier molecular flexibility index (Phi) is 5.86. The molecule has 1 saturated heterocycles. The third-order valence-corrected chi connectivity index (χ3v) is 3.48. The summed E-state index contributed by atoms with van der Waals surface area (Å²) < 4.78 is 0. The zero-order valence-corrected chi connectivity index (χ0v) is 11.8. The molecule has 98 valence electrons. The molecular formula is C14H18Cl2N2. The van der Waals surface area contributed by atoms with Gasteiger partial charge in [-0.3, -0.25) is 4.98 Å². The van der Waals surface area contributed by atoms with Gasteiger partial charge in [0.15, 0.2) is 0 Å². The van der Waals surface area contributed by atoms with Crippen molar-refractivity contribution < 1.29 is 0 Å². The van der Waals surface area contributed by atoms with E-state index in [1.165, 1.54) is 29.2 Å². The summed E-state index contributed by atoms with van der Waals surface area (Å²) in [5.41, 5.74) is 1.43. The SMILES string of the molecule is Cl.Cl.c1ccc2c(C3CCNCC3)cncc2c1. The van der Waals surface area contributed by atoms with Crippen molar-refractivity contribution in [1.82, 2.24) is 10.3 Å². The van der Waals surface area contributed by atoms with Crippen LogP contribution in [0.25, 0.3) is 10.8 Å². The van der Waals surface area contributed by atoms with Gasteiger partial charge < -0.3 is 5.32 Å². The van der Waals surface area contributed by atoms with Crippen LogP contribution in [0, 0.1) is 0 Å². The molecule has 0 aliphatic carbocycles. The lowest BCUT2D eigenvalue weighted by Crippen LogP contribution is -2.26. The quantitative estimate of drug-likeness (QED) is 0.866. The lowest BCUT2D eigenvalue weighted by molar-refractivity contribution is 0.461. The molecule has 3 rings (SSSR count). The van der Waals surface area contributed by atoms with Crippen LogP contribution in [-0.2, 0) is 0 Å². The number of aromatic nitrogens is 1. The summed E-state index contributed by atoms with van der Waals surface area (Å²) in [6.45, 7) is 2.27. The molecule has 2 aromatic rings. The first-order valence-corrected chi connectivity index (χ1v) is 5.98. The highest BCUT2D eigenvalue weighted by molar-refractivity contribution is 5.86. The van der Waals surface area contributed by atoms with Crippen LogP contribution in [0.2, 0.25) is 0 Å². The van der Waals surface area contributed by atoms with Crippen molar-refractivity contribution in [2.75, 3.05) is 13.1 Å². The van der Waals surface area contributed by atoms with Gasteiger partial charge in [0, 0.05) is 17.8 Å². The maximum absolute atomic E-state index is 4.37. The topological polar surface area (TPSA) is 24.9 Å². The van der Waals surface area contributed by atoms with Crippen molar-refractivity contribution >= 4 is 35.6 Å². The molecule has 1 N–H and O–H groups in total. The van der Waals surface area contributed by atoms with Crippen molar-refractivity contribution in [3.63, 3.8) is 0 Å². The van der Waals surface area contributed by atoms with E-state index in [0.29, 0.717) is 5.92 Å². The summed E-state index contributed by atoms with van der Waals surface area (Å²) >= 11 is 0. The fraction of sp³-hybridized carbons (Fsp3) is 0.357. The highest BCUT2D eigenvalue weighted by Gasteiger charge is 2.17. The summed E-state index contributed by atoms with van der Waals surface area (Å²) in [4.78, 5) is 4.37. The van der Waals surface area contributed by atoms with Crippen molar-refractivity contribution in [2.24, 2.45) is 0 Å². The molecule has 2 heterocycles. The highest BCUT2D eigenvalue weighted by Crippen LogP contribution is 2.30. The summed E-state index contributed by atoms with van der Waals surface area (Å²) in [6.07, 6.45) is 6.48. The summed E-state index contributed by atoms with van der Waals surface area (Å²) in [5, 5.41) is 6.05. The molecule has 0 atom stereocenters. The molecule has 0 unspecified atom stereocenters. The molecule has 18 heavy (non-hydrogen) atoms. The Balaban J connectivity index is 0.000000810. The van der Waals surface area contributed by atoms with Crippen LogP contribution >= 0.6 is 24.8 Å². The number of benzene rings is 1. The van der Waals surface area contributed by atoms with Crippen LogP contribution in [0.15, 0.2) is 36.7 Å². The third-order valence-electron chi connectivity index (χ3n) is 3.48. The van der Waals surface area contributed by atoms with Gasteiger partial charge in [0.2, 0.25) is 0 Å². The smallest absolute Gasteiger partial charge is 0.0346 e. The second-order valence-corrected chi connectivity index (χ2v) is 4.47. The Hall–Kier alpha value is -0.830. The van der Waals surface area contributed by atoms with E-state index in [-0.39, 0.29) is 24.8 Å². The molecule has 4 heteroatoms. The van der Waals surface area contributed by atoms with E-state index in [9.17, 15) is 0 Å². The monoisotopic (exact) mass is 284 g/mol. The first-order chi connectivity index (χ1) is 7.95. The Morgan fingerprint density at radius 1 is 1.00 bits per heavy atom. The van der Waals surface area contributed by atoms with Gasteiger partial charge in [-0.05, 0) is 42.8 Å². The van der Waals surface area contributed by atoms with Crippen LogP contribution in [0.3, 0.4) is 0 Å². The number of hydrogen-bond donors (Lipinski definition) is 1. The zero-order chi connectivity index (χ0) is 10.8. The van der Waals surface area contributed by atoms with Crippen LogP contribution in [-0.4, -0.2) is 18.1 Å². The predicted molar refractivity (Wildman–Crippen MR) is 81.1 cm³/mol. The average molecular weight is 285 g/mol. The minimum absolute atomic E-state index is 0. The molecular weight excluding hydrogens is 267 g/mol. The van der Waals surface area contributed by atoms with Gasteiger partial charge in [-0.15, -0.1) is 24.8 Å². The Bertz CT molecular complexity index is 491. The van der Waals surface area contributed by atoms with Crippen LogP contribution < -0.4 is 5.32 Å². The average Bonchev–Trinajstić information content (AvgIpc) is 2.39. The minimum atomic E-state index is 0. The van der Waals surface area contributed by atoms with Gasteiger partial charge in [-0.25, -0.2) is 0 Å². The number of hydrogen-bond acceptors (Lipinski definition) is 2. The highest BCUT2D eigenvalue weighted by atomic mass is 35.5. The van der Waals surface area contributed by atoms with Gasteiger partial charge in [-0.1, -0.05) is 24.3 Å². The molecule has 2 nitrogen and oxygen atoms in total. The van der Waals surface area contributed by atoms with Gasteiger partial charge in [0.1, 0.15) is 0 Å². The first kappa shape index (κ1) is 15.2. The second-order valence-electron chi connectivity index (χ2n) is 4.47. The van der Waals surface area contributed by atoms with E-state index < -0.39 is 0 Å². The zero-order valence-electron chi connectivity index (χ0n) is 10.1. The van der Waals surface area contributed by atoms with Crippen molar-refractivity contribution in [1.29, 1.82) is 0 Å². The normalized spacial score (nSPS) is 15.8. The summed E-state index contributed by atoms with van der Waals surface area (Å²) in [6, 6.07) is 8.56. The number of rotatable bonds is 1. The van der Waals surface area contributed by atoms with Crippen LogP contribution in [0.4, 0.5) is 0 Å². The number of nitrogens with one attached hydrogen (secondary N) is 1. The summed E-state index contributed by atoms with van der Waals surface area (Å²) in [5.74, 6) is 0.680. The molecule has 1 aromatic carbocycles. The lowest BCUT2D eigenvalue weighted by atomic mass is 9.88. The van der Waals surface area contributed by atoms with Gasteiger partial charge in [0.05, 0.1) is 0 Å². The number of piperidine rings is 1. The van der Waals surface area contributed by atoms with E-state index in [1.54, 1.807) is 0 Å². The predicted octanol–water partition coefficient (Wildman–Crippen LogP) is 3.55. The minimum Gasteiger partial charge on any atom is -0.317 e. The molecule has 0 amide bonds. The molecule has 0 spiro atoms. The Morgan fingerprint density at radius 3 is 2.50 bits per heavy atom. The third kappa shape index (κ3) is 2.94. The van der Waals surface area contributed by atoms with Gasteiger partial charge >= 0.3 is 0 Å². The molecule has 1 aromatic heterocycles. The molecule has 1 aliphatic heterocycles. The van der Waals surface area contributed by atoms with E-state index >= 15 is 0 Å². The van der Waals surface area contributed by atoms with Crippen LogP contribution in [0.1, 0.15) is 24.3 Å². The maximum atomic E-state index is 4.37. The van der Waals surface area contributed by atoms with E-state index in [1.807, 2.05) is 6.20 Å². The molecule has 0 bridgehead atoms. The van der Waals surface area contributed by atoms with Gasteiger partial charge in [0.25, 0.3) is 0 Å². The van der Waals surface area contributed by atoms with Crippen molar-refractivity contribution in [3.05, 3.63) is 42.2 Å². The number of fused-ring (bicyclic) bond motifs is 1. The Morgan fingerprint density at radius 2 is 1.72 bits per heavy atom. The van der Waals surface area contributed by atoms with Crippen LogP contribution in [0.5, 0.6) is 0 Å². The number of nitrogens with zero attached hydrogens (tertiary/aromatic N) is 1. The lowest BCUT2D eigenvalue weighted by Gasteiger charge is -2.23. The molecule has 1 aliphatic rings. The fourth-order valence-corrected chi connectivity index (χ4v) is 2.60. The number of halogens is 2. The van der Waals surface area contributed by atoms with Crippen molar-refractivity contribution in [3.8, 4) is 0 Å². The molecule has 1 fully saturated rings. The molecule has 0 radical (unpaired) electrons.